The topological polar surface area (TPSA) is 69.4 Å². The summed E-state index contributed by atoms with van der Waals surface area (Å²) in [6.07, 6.45) is 0. The van der Waals surface area contributed by atoms with Gasteiger partial charge in [-0.15, -0.1) is 5.10 Å². The third-order valence-electron chi connectivity index (χ3n) is 3.80. The zero-order chi connectivity index (χ0) is 17.4. The Kier molecular flexibility index (Phi) is 3.81. The highest BCUT2D eigenvalue weighted by Gasteiger charge is 2.19. The summed E-state index contributed by atoms with van der Waals surface area (Å²) < 4.78 is 39.7. The number of hydrogen-bond donors (Lipinski definition) is 1. The van der Waals surface area contributed by atoms with Crippen LogP contribution >= 0.6 is 0 Å². The van der Waals surface area contributed by atoms with Gasteiger partial charge in [0.15, 0.2) is 11.5 Å². The highest BCUT2D eigenvalue weighted by molar-refractivity contribution is 5.65. The first-order valence-corrected chi connectivity index (χ1v) is 7.57. The predicted molar refractivity (Wildman–Crippen MR) is 83.6 cm³/mol. The number of nitrogens with zero attached hydrogens (tertiary/aromatic N) is 3. The van der Waals surface area contributed by atoms with E-state index in [0.29, 0.717) is 36.1 Å². The van der Waals surface area contributed by atoms with E-state index >= 15 is 0 Å². The smallest absolute Gasteiger partial charge is 0.163 e. The van der Waals surface area contributed by atoms with Gasteiger partial charge in [-0.05, 0) is 24.3 Å². The minimum Gasteiger partial charge on any atom is -0.486 e. The second kappa shape index (κ2) is 6.14. The summed E-state index contributed by atoms with van der Waals surface area (Å²) in [5.74, 6) is -0.306. The molecular weight excluding hydrogens is 332 g/mol. The monoisotopic (exact) mass is 345 g/mol. The number of rotatable bonds is 3. The molecule has 4 rings (SSSR count). The maximum absolute atomic E-state index is 13.6. The molecule has 1 N–H and O–H groups in total. The Bertz CT molecular complexity index is 923. The summed E-state index contributed by atoms with van der Waals surface area (Å²) in [5, 5.41) is 17.4. The number of aliphatic hydroxyl groups is 1. The molecule has 1 aliphatic heterocycles. The Hall–Kier alpha value is -3.00. The van der Waals surface area contributed by atoms with Crippen LogP contribution in [0.5, 0.6) is 11.5 Å². The maximum Gasteiger partial charge on any atom is 0.163 e. The molecule has 0 unspecified atom stereocenters. The van der Waals surface area contributed by atoms with Crippen LogP contribution in [0.4, 0.5) is 8.78 Å². The van der Waals surface area contributed by atoms with E-state index in [1.165, 1.54) is 4.68 Å². The molecule has 0 amide bonds. The van der Waals surface area contributed by atoms with Gasteiger partial charge in [-0.25, -0.2) is 13.5 Å². The fraction of sp³-hybridized carbons (Fsp3) is 0.176. The average Bonchev–Trinajstić information content (AvgIpc) is 3.04. The van der Waals surface area contributed by atoms with Gasteiger partial charge < -0.3 is 14.6 Å². The van der Waals surface area contributed by atoms with Gasteiger partial charge in [0.05, 0.1) is 12.3 Å². The zero-order valence-corrected chi connectivity index (χ0v) is 12.9. The van der Waals surface area contributed by atoms with Crippen molar-refractivity contribution in [2.75, 3.05) is 13.2 Å². The van der Waals surface area contributed by atoms with E-state index in [2.05, 4.69) is 10.3 Å². The van der Waals surface area contributed by atoms with Crippen LogP contribution in [0.3, 0.4) is 0 Å². The normalized spacial score (nSPS) is 13.1. The zero-order valence-electron chi connectivity index (χ0n) is 12.9. The van der Waals surface area contributed by atoms with Gasteiger partial charge in [0.2, 0.25) is 0 Å². The first kappa shape index (κ1) is 15.5. The van der Waals surface area contributed by atoms with E-state index in [0.717, 1.165) is 18.2 Å². The molecule has 0 saturated heterocycles. The van der Waals surface area contributed by atoms with Gasteiger partial charge >= 0.3 is 0 Å². The third kappa shape index (κ3) is 2.80. The predicted octanol–water partition coefficient (Wildman–Crippen LogP) is 2.48. The summed E-state index contributed by atoms with van der Waals surface area (Å²) in [4.78, 5) is 0. The largest absolute Gasteiger partial charge is 0.486 e. The molecule has 1 aromatic heterocycles. The molecule has 128 valence electrons. The first-order valence-electron chi connectivity index (χ1n) is 7.57. The number of halogens is 2. The van der Waals surface area contributed by atoms with Crippen LogP contribution in [-0.4, -0.2) is 33.3 Å². The van der Waals surface area contributed by atoms with E-state index < -0.39 is 18.2 Å². The van der Waals surface area contributed by atoms with Gasteiger partial charge in [0, 0.05) is 17.7 Å². The Labute approximate surface area is 141 Å². The molecule has 0 fully saturated rings. The quantitative estimate of drug-likeness (QED) is 0.790. The summed E-state index contributed by atoms with van der Waals surface area (Å²) in [6.45, 7) is 0.480. The molecule has 0 saturated carbocycles. The van der Waals surface area contributed by atoms with E-state index in [4.69, 9.17) is 9.47 Å². The molecular formula is C17H13F2N3O3. The van der Waals surface area contributed by atoms with Crippen LogP contribution in [0, 0.1) is 11.6 Å². The Morgan fingerprint density at radius 3 is 2.44 bits per heavy atom. The summed E-state index contributed by atoms with van der Waals surface area (Å²) >= 11 is 0. The SMILES string of the molecule is OCc1nnn(-c2ccc3c(c2)OCCO3)c1-c1cc(F)cc(F)c1. The number of aromatic nitrogens is 3. The van der Waals surface area contributed by atoms with Crippen LogP contribution < -0.4 is 9.47 Å². The van der Waals surface area contributed by atoms with Crippen LogP contribution in [0.2, 0.25) is 0 Å². The molecule has 2 aromatic carbocycles. The molecule has 1 aliphatic rings. The number of hydrogen-bond acceptors (Lipinski definition) is 5. The summed E-state index contributed by atoms with van der Waals surface area (Å²) in [6, 6.07) is 8.25. The van der Waals surface area contributed by atoms with Crippen LogP contribution in [0.1, 0.15) is 5.69 Å². The highest BCUT2D eigenvalue weighted by Crippen LogP contribution is 2.34. The molecule has 0 radical (unpaired) electrons. The number of ether oxygens (including phenoxy) is 2. The number of benzene rings is 2. The van der Waals surface area contributed by atoms with Crippen molar-refractivity contribution in [2.24, 2.45) is 0 Å². The molecule has 0 atom stereocenters. The minimum atomic E-state index is -0.728. The lowest BCUT2D eigenvalue weighted by Crippen LogP contribution is -2.15. The first-order chi connectivity index (χ1) is 12.2. The van der Waals surface area contributed by atoms with Crippen molar-refractivity contribution in [3.8, 4) is 28.4 Å². The maximum atomic E-state index is 13.6. The van der Waals surface area contributed by atoms with E-state index in [-0.39, 0.29) is 11.3 Å². The van der Waals surface area contributed by atoms with Crippen LogP contribution in [0.15, 0.2) is 36.4 Å². The lowest BCUT2D eigenvalue weighted by atomic mass is 10.1. The van der Waals surface area contributed by atoms with Gasteiger partial charge in [-0.2, -0.15) is 0 Å². The fourth-order valence-electron chi connectivity index (χ4n) is 2.74. The highest BCUT2D eigenvalue weighted by atomic mass is 19.1. The van der Waals surface area contributed by atoms with Crippen molar-refractivity contribution in [3.63, 3.8) is 0 Å². The fourth-order valence-corrected chi connectivity index (χ4v) is 2.74. The van der Waals surface area contributed by atoms with E-state index in [1.807, 2.05) is 0 Å². The molecule has 8 heteroatoms. The molecule has 25 heavy (non-hydrogen) atoms. The molecule has 2 heterocycles. The van der Waals surface area contributed by atoms with Crippen molar-refractivity contribution in [1.82, 2.24) is 15.0 Å². The van der Waals surface area contributed by atoms with Crippen molar-refractivity contribution >= 4 is 0 Å². The number of aliphatic hydroxyl groups excluding tert-OH is 1. The standard InChI is InChI=1S/C17H13F2N3O3/c18-11-5-10(6-12(19)7-11)17-14(9-23)20-21-22(17)13-1-2-15-16(8-13)25-4-3-24-15/h1-2,5-8,23H,3-4,9H2. The van der Waals surface area contributed by atoms with E-state index in [9.17, 15) is 13.9 Å². The molecule has 3 aromatic rings. The van der Waals surface area contributed by atoms with Crippen LogP contribution in [0.25, 0.3) is 16.9 Å². The lowest BCUT2D eigenvalue weighted by Gasteiger charge is -2.19. The van der Waals surface area contributed by atoms with Gasteiger partial charge in [-0.1, -0.05) is 5.21 Å². The Balaban J connectivity index is 1.87. The Morgan fingerprint density at radius 2 is 1.72 bits per heavy atom. The second-order valence-electron chi connectivity index (χ2n) is 5.44. The van der Waals surface area contributed by atoms with Gasteiger partial charge in [0.1, 0.15) is 36.2 Å². The van der Waals surface area contributed by atoms with Crippen molar-refractivity contribution < 1.29 is 23.4 Å². The lowest BCUT2D eigenvalue weighted by molar-refractivity contribution is 0.171. The molecule has 0 aliphatic carbocycles. The van der Waals surface area contributed by atoms with Gasteiger partial charge in [-0.3, -0.25) is 0 Å². The number of fused-ring (bicyclic) bond motifs is 1. The molecule has 0 bridgehead atoms. The minimum absolute atomic E-state index is 0.208. The van der Waals surface area contributed by atoms with Gasteiger partial charge in [0.25, 0.3) is 0 Å². The van der Waals surface area contributed by atoms with E-state index in [1.54, 1.807) is 18.2 Å². The van der Waals surface area contributed by atoms with Crippen LogP contribution in [-0.2, 0) is 6.61 Å². The molecule has 0 spiro atoms. The Morgan fingerprint density at radius 1 is 1.00 bits per heavy atom. The van der Waals surface area contributed by atoms with Crippen molar-refractivity contribution in [2.45, 2.75) is 6.61 Å². The summed E-state index contributed by atoms with van der Waals surface area (Å²) in [7, 11) is 0. The summed E-state index contributed by atoms with van der Waals surface area (Å²) in [5.41, 5.74) is 1.30. The van der Waals surface area contributed by atoms with Crippen molar-refractivity contribution in [1.29, 1.82) is 0 Å². The average molecular weight is 345 g/mol. The second-order valence-corrected chi connectivity index (χ2v) is 5.44. The van der Waals surface area contributed by atoms with Crippen molar-refractivity contribution in [3.05, 3.63) is 53.7 Å². The molecule has 6 nitrogen and oxygen atoms in total. The third-order valence-corrected chi connectivity index (χ3v) is 3.80.